The Morgan fingerprint density at radius 2 is 1.70 bits per heavy atom. The predicted octanol–water partition coefficient (Wildman–Crippen LogP) is 3.84. The fourth-order valence-corrected chi connectivity index (χ4v) is 3.06. The van der Waals surface area contributed by atoms with Crippen LogP contribution in [0.2, 0.25) is 0 Å². The van der Waals surface area contributed by atoms with E-state index in [0.717, 1.165) is 12.1 Å². The maximum Gasteiger partial charge on any atom is 0.416 e. The van der Waals surface area contributed by atoms with Gasteiger partial charge in [-0.15, -0.1) is 0 Å². The smallest absolute Gasteiger partial charge is 0.416 e. The van der Waals surface area contributed by atoms with Crippen LogP contribution in [-0.2, 0) is 20.5 Å². The van der Waals surface area contributed by atoms with Crippen LogP contribution in [0.4, 0.5) is 13.2 Å². The standard InChI is InChI=1S/C20H18F3NO3/c1-27-19(26)17(13-5-3-2-4-6-13)24-18(25)16-11-15(16)12-7-9-14(10-8-12)20(21,22)23/h2-10,15-17H,11H2,1H3,(H,24,25). The minimum absolute atomic E-state index is 0.152. The Labute approximate surface area is 154 Å². The zero-order chi connectivity index (χ0) is 19.6. The molecule has 3 atom stereocenters. The summed E-state index contributed by atoms with van der Waals surface area (Å²) in [7, 11) is 1.24. The molecule has 4 nitrogen and oxygen atoms in total. The Morgan fingerprint density at radius 3 is 2.26 bits per heavy atom. The maximum atomic E-state index is 12.6. The number of carbonyl (C=O) groups excluding carboxylic acids is 2. The number of halogens is 3. The lowest BCUT2D eigenvalue weighted by atomic mass is 10.0. The van der Waals surface area contributed by atoms with Crippen molar-refractivity contribution in [3.63, 3.8) is 0 Å². The number of ether oxygens (including phenoxy) is 1. The van der Waals surface area contributed by atoms with Crippen LogP contribution in [0.3, 0.4) is 0 Å². The molecular formula is C20H18F3NO3. The lowest BCUT2D eigenvalue weighted by molar-refractivity contribution is -0.145. The van der Waals surface area contributed by atoms with E-state index in [4.69, 9.17) is 4.74 Å². The van der Waals surface area contributed by atoms with Gasteiger partial charge in [0.1, 0.15) is 0 Å². The second kappa shape index (κ2) is 7.42. The molecule has 142 valence electrons. The molecule has 2 aromatic rings. The van der Waals surface area contributed by atoms with Crippen LogP contribution < -0.4 is 5.32 Å². The number of amides is 1. The Morgan fingerprint density at radius 1 is 1.07 bits per heavy atom. The van der Waals surface area contributed by atoms with Gasteiger partial charge in [-0.3, -0.25) is 4.79 Å². The van der Waals surface area contributed by atoms with E-state index >= 15 is 0 Å². The SMILES string of the molecule is COC(=O)C(NC(=O)C1CC1c1ccc(C(F)(F)F)cc1)c1ccccc1. The molecule has 7 heteroatoms. The van der Waals surface area contributed by atoms with E-state index in [1.54, 1.807) is 30.3 Å². The monoisotopic (exact) mass is 377 g/mol. The van der Waals surface area contributed by atoms with Crippen molar-refractivity contribution in [1.29, 1.82) is 0 Å². The molecular weight excluding hydrogens is 359 g/mol. The van der Waals surface area contributed by atoms with Crippen LogP contribution in [0.5, 0.6) is 0 Å². The third-order valence-electron chi connectivity index (χ3n) is 4.65. The molecule has 0 heterocycles. The van der Waals surface area contributed by atoms with E-state index in [1.807, 2.05) is 0 Å². The Balaban J connectivity index is 1.67. The fourth-order valence-electron chi connectivity index (χ4n) is 3.06. The van der Waals surface area contributed by atoms with Gasteiger partial charge in [0.15, 0.2) is 6.04 Å². The average Bonchev–Trinajstić information content (AvgIpc) is 3.46. The minimum atomic E-state index is -4.39. The van der Waals surface area contributed by atoms with Crippen LogP contribution in [-0.4, -0.2) is 19.0 Å². The highest BCUT2D eigenvalue weighted by Crippen LogP contribution is 2.48. The van der Waals surface area contributed by atoms with Crippen LogP contribution in [0, 0.1) is 5.92 Å². The predicted molar refractivity (Wildman–Crippen MR) is 91.6 cm³/mol. The number of esters is 1. The molecule has 0 spiro atoms. The van der Waals surface area contributed by atoms with E-state index in [2.05, 4.69) is 5.32 Å². The van der Waals surface area contributed by atoms with Crippen molar-refractivity contribution in [2.75, 3.05) is 7.11 Å². The quantitative estimate of drug-likeness (QED) is 0.806. The molecule has 1 aliphatic carbocycles. The van der Waals surface area contributed by atoms with Gasteiger partial charge in [0.05, 0.1) is 12.7 Å². The molecule has 0 aliphatic heterocycles. The highest BCUT2D eigenvalue weighted by atomic mass is 19.4. The zero-order valence-electron chi connectivity index (χ0n) is 14.5. The number of alkyl halides is 3. The van der Waals surface area contributed by atoms with Crippen LogP contribution in [0.25, 0.3) is 0 Å². The second-order valence-electron chi connectivity index (χ2n) is 6.44. The van der Waals surface area contributed by atoms with Crippen LogP contribution >= 0.6 is 0 Å². The first-order chi connectivity index (χ1) is 12.8. The molecule has 0 bridgehead atoms. The van der Waals surface area contributed by atoms with Gasteiger partial charge in [0.25, 0.3) is 0 Å². The van der Waals surface area contributed by atoms with Gasteiger partial charge in [-0.25, -0.2) is 4.79 Å². The molecule has 0 aromatic heterocycles. The molecule has 3 rings (SSSR count). The van der Waals surface area contributed by atoms with Crippen molar-refractivity contribution in [2.24, 2.45) is 5.92 Å². The summed E-state index contributed by atoms with van der Waals surface area (Å²) in [5, 5.41) is 2.69. The highest BCUT2D eigenvalue weighted by Gasteiger charge is 2.45. The van der Waals surface area contributed by atoms with Crippen molar-refractivity contribution < 1.29 is 27.5 Å². The number of carbonyl (C=O) groups is 2. The lowest BCUT2D eigenvalue weighted by Crippen LogP contribution is -2.35. The van der Waals surface area contributed by atoms with Crippen molar-refractivity contribution in [3.8, 4) is 0 Å². The number of hydrogen-bond acceptors (Lipinski definition) is 3. The zero-order valence-corrected chi connectivity index (χ0v) is 14.5. The van der Waals surface area contributed by atoms with Gasteiger partial charge in [-0.2, -0.15) is 13.2 Å². The molecule has 27 heavy (non-hydrogen) atoms. The highest BCUT2D eigenvalue weighted by molar-refractivity contribution is 5.88. The summed E-state index contributed by atoms with van der Waals surface area (Å²) in [5.41, 5.74) is 0.560. The molecule has 1 fully saturated rings. The minimum Gasteiger partial charge on any atom is -0.467 e. The third kappa shape index (κ3) is 4.30. The molecule has 0 saturated heterocycles. The van der Waals surface area contributed by atoms with E-state index in [9.17, 15) is 22.8 Å². The van der Waals surface area contributed by atoms with Crippen molar-refractivity contribution in [1.82, 2.24) is 5.32 Å². The third-order valence-corrected chi connectivity index (χ3v) is 4.65. The summed E-state index contributed by atoms with van der Waals surface area (Å²) >= 11 is 0. The fraction of sp³-hybridized carbons (Fsp3) is 0.300. The summed E-state index contributed by atoms with van der Waals surface area (Å²) in [5.74, 6) is -1.43. The molecule has 1 saturated carbocycles. The Kier molecular flexibility index (Phi) is 5.21. The molecule has 3 unspecified atom stereocenters. The molecule has 1 aliphatic rings. The molecule has 1 N–H and O–H groups in total. The Hall–Kier alpha value is -2.83. The number of rotatable bonds is 5. The summed E-state index contributed by atoms with van der Waals surface area (Å²) in [4.78, 5) is 24.6. The van der Waals surface area contributed by atoms with E-state index < -0.39 is 23.8 Å². The summed E-state index contributed by atoms with van der Waals surface area (Å²) in [6, 6.07) is 12.6. The van der Waals surface area contributed by atoms with Gasteiger partial charge >= 0.3 is 12.1 Å². The van der Waals surface area contributed by atoms with Crippen molar-refractivity contribution in [3.05, 3.63) is 71.3 Å². The van der Waals surface area contributed by atoms with Gasteiger partial charge in [0.2, 0.25) is 5.91 Å². The average molecular weight is 377 g/mol. The first kappa shape index (κ1) is 18.9. The number of nitrogens with one attached hydrogen (secondary N) is 1. The van der Waals surface area contributed by atoms with Crippen molar-refractivity contribution in [2.45, 2.75) is 24.6 Å². The summed E-state index contributed by atoms with van der Waals surface area (Å²) in [6.45, 7) is 0. The molecule has 0 radical (unpaired) electrons. The van der Waals surface area contributed by atoms with Gasteiger partial charge in [-0.1, -0.05) is 42.5 Å². The Bertz CT molecular complexity index is 819. The topological polar surface area (TPSA) is 55.4 Å². The number of hydrogen-bond donors (Lipinski definition) is 1. The van der Waals surface area contributed by atoms with Crippen LogP contribution in [0.1, 0.15) is 35.1 Å². The van der Waals surface area contributed by atoms with Gasteiger partial charge < -0.3 is 10.1 Å². The second-order valence-corrected chi connectivity index (χ2v) is 6.44. The first-order valence-corrected chi connectivity index (χ1v) is 8.41. The largest absolute Gasteiger partial charge is 0.467 e. The van der Waals surface area contributed by atoms with Gasteiger partial charge in [-0.05, 0) is 35.6 Å². The van der Waals surface area contributed by atoms with Crippen molar-refractivity contribution >= 4 is 11.9 Å². The van der Waals surface area contributed by atoms with Gasteiger partial charge in [0, 0.05) is 5.92 Å². The maximum absolute atomic E-state index is 12.6. The van der Waals surface area contributed by atoms with E-state index in [0.29, 0.717) is 17.5 Å². The van der Waals surface area contributed by atoms with E-state index in [1.165, 1.54) is 19.2 Å². The lowest BCUT2D eigenvalue weighted by Gasteiger charge is -2.17. The summed E-state index contributed by atoms with van der Waals surface area (Å²) in [6.07, 6.45) is -3.86. The summed E-state index contributed by atoms with van der Waals surface area (Å²) < 4.78 is 42.7. The van der Waals surface area contributed by atoms with Crippen LogP contribution in [0.15, 0.2) is 54.6 Å². The molecule has 2 aromatic carbocycles. The number of benzene rings is 2. The molecule has 1 amide bonds. The van der Waals surface area contributed by atoms with E-state index in [-0.39, 0.29) is 17.7 Å². The number of methoxy groups -OCH3 is 1. The first-order valence-electron chi connectivity index (χ1n) is 8.41. The normalized spacial score (nSPS) is 19.9.